The summed E-state index contributed by atoms with van der Waals surface area (Å²) in [4.78, 5) is 0. The predicted octanol–water partition coefficient (Wildman–Crippen LogP) is 5.05. The zero-order valence-corrected chi connectivity index (χ0v) is 19.5. The molecule has 3 aliphatic carbocycles. The van der Waals surface area contributed by atoms with Crippen LogP contribution in [0.1, 0.15) is 39.2 Å². The molecule has 4 aliphatic rings. The second kappa shape index (κ2) is 8.03. The van der Waals surface area contributed by atoms with Gasteiger partial charge in [0.15, 0.2) is 0 Å². The lowest BCUT2D eigenvalue weighted by atomic mass is 9.43. The van der Waals surface area contributed by atoms with Gasteiger partial charge in [-0.2, -0.15) is 0 Å². The van der Waals surface area contributed by atoms with Crippen LogP contribution in [0.2, 0.25) is 0 Å². The van der Waals surface area contributed by atoms with Crippen molar-refractivity contribution < 1.29 is 18.8 Å². The molecule has 0 radical (unpaired) electrons. The molecule has 1 saturated heterocycles. The molecule has 4 nitrogen and oxygen atoms in total. The van der Waals surface area contributed by atoms with Crippen molar-refractivity contribution in [3.8, 4) is 5.75 Å². The van der Waals surface area contributed by atoms with Crippen LogP contribution in [-0.4, -0.2) is 37.3 Å². The molecule has 0 spiro atoms. The first kappa shape index (κ1) is 21.4. The second-order valence-corrected chi connectivity index (χ2v) is 10.6. The lowest BCUT2D eigenvalue weighted by molar-refractivity contribution is -0.199. The minimum absolute atomic E-state index is 0.0126. The minimum Gasteiger partial charge on any atom is -0.497 e. The molecule has 1 aromatic carbocycles. The molecule has 3 saturated carbocycles. The van der Waals surface area contributed by atoms with Crippen molar-refractivity contribution in [3.63, 3.8) is 0 Å². The topological polar surface area (TPSA) is 36.9 Å². The maximum atomic E-state index is 6.59. The molecule has 1 heterocycles. The highest BCUT2D eigenvalue weighted by molar-refractivity contribution is 9.10. The summed E-state index contributed by atoms with van der Waals surface area (Å²) in [5, 5.41) is 0. The van der Waals surface area contributed by atoms with Crippen LogP contribution in [0.15, 0.2) is 36.9 Å². The number of alkyl halides is 1. The highest BCUT2D eigenvalue weighted by atomic mass is 79.9. The van der Waals surface area contributed by atoms with E-state index in [-0.39, 0.29) is 29.5 Å². The van der Waals surface area contributed by atoms with E-state index in [1.807, 2.05) is 30.3 Å². The molecule has 3 unspecified atom stereocenters. The number of rotatable bonds is 8. The Labute approximate surface area is 183 Å². The highest BCUT2D eigenvalue weighted by Crippen LogP contribution is 2.66. The number of ether oxygens (including phenoxy) is 2. The van der Waals surface area contributed by atoms with Gasteiger partial charge in [-0.15, -0.1) is 6.58 Å². The van der Waals surface area contributed by atoms with Crippen LogP contribution in [-0.2, 0) is 20.7 Å². The fraction of sp³-hybridized carbons (Fsp3) is 0.652. The molecule has 6 heteroatoms. The van der Waals surface area contributed by atoms with Gasteiger partial charge in [-0.1, -0.05) is 48.0 Å². The lowest BCUT2D eigenvalue weighted by Crippen LogP contribution is -2.65. The molecule has 0 amide bonds. The van der Waals surface area contributed by atoms with Crippen LogP contribution in [0.3, 0.4) is 0 Å². The Morgan fingerprint density at radius 1 is 1.28 bits per heavy atom. The Morgan fingerprint density at radius 2 is 2.00 bits per heavy atom. The first-order valence-corrected chi connectivity index (χ1v) is 11.5. The Kier molecular flexibility index (Phi) is 5.93. The molecular formula is C23H32BBrO4. The zero-order valence-electron chi connectivity index (χ0n) is 17.9. The summed E-state index contributed by atoms with van der Waals surface area (Å²) in [7, 11) is 1.40. The molecule has 1 aromatic rings. The SMILES string of the molecule is C=CC(COCc1ccc(OC)cc1)C(Br)B1O[C@@H]2C[C@@H]3CC(C3(C)C)[C@]2(C)O1. The molecule has 158 valence electrons. The summed E-state index contributed by atoms with van der Waals surface area (Å²) in [6, 6.07) is 7.95. The van der Waals surface area contributed by atoms with Crippen LogP contribution in [0, 0.1) is 23.2 Å². The van der Waals surface area contributed by atoms with E-state index < -0.39 is 0 Å². The maximum Gasteiger partial charge on any atom is 0.472 e. The van der Waals surface area contributed by atoms with Gasteiger partial charge < -0.3 is 18.8 Å². The van der Waals surface area contributed by atoms with E-state index in [4.69, 9.17) is 18.8 Å². The van der Waals surface area contributed by atoms with E-state index in [9.17, 15) is 0 Å². The van der Waals surface area contributed by atoms with Crippen molar-refractivity contribution in [1.29, 1.82) is 0 Å². The number of hydrogen-bond donors (Lipinski definition) is 0. The zero-order chi connectivity index (χ0) is 20.8. The first-order chi connectivity index (χ1) is 13.8. The van der Waals surface area contributed by atoms with Gasteiger partial charge in [0.05, 0.1) is 36.8 Å². The number of halogens is 1. The minimum atomic E-state index is -0.271. The fourth-order valence-corrected chi connectivity index (χ4v) is 6.16. The van der Waals surface area contributed by atoms with Crippen molar-refractivity contribution >= 4 is 23.0 Å². The smallest absolute Gasteiger partial charge is 0.472 e. The third-order valence-electron chi connectivity index (χ3n) is 7.68. The van der Waals surface area contributed by atoms with Crippen molar-refractivity contribution in [2.45, 2.75) is 56.7 Å². The van der Waals surface area contributed by atoms with Gasteiger partial charge in [0.1, 0.15) is 5.75 Å². The average molecular weight is 463 g/mol. The van der Waals surface area contributed by atoms with E-state index in [0.717, 1.165) is 23.7 Å². The largest absolute Gasteiger partial charge is 0.497 e. The molecular weight excluding hydrogens is 431 g/mol. The van der Waals surface area contributed by atoms with Crippen molar-refractivity contribution in [1.82, 2.24) is 0 Å². The van der Waals surface area contributed by atoms with E-state index in [2.05, 4.69) is 43.3 Å². The van der Waals surface area contributed by atoms with Crippen LogP contribution in [0.25, 0.3) is 0 Å². The van der Waals surface area contributed by atoms with Gasteiger partial charge >= 0.3 is 7.12 Å². The summed E-state index contributed by atoms with van der Waals surface area (Å²) in [5.41, 5.74) is 1.28. The summed E-state index contributed by atoms with van der Waals surface area (Å²) in [6.07, 6.45) is 4.49. The van der Waals surface area contributed by atoms with Crippen molar-refractivity contribution in [3.05, 3.63) is 42.5 Å². The highest BCUT2D eigenvalue weighted by Gasteiger charge is 2.68. The average Bonchev–Trinajstić information content (AvgIpc) is 3.08. The van der Waals surface area contributed by atoms with E-state index in [0.29, 0.717) is 24.5 Å². The Hall–Kier alpha value is -0.815. The first-order valence-electron chi connectivity index (χ1n) is 10.6. The van der Waals surface area contributed by atoms with Gasteiger partial charge in [0.25, 0.3) is 0 Å². The Balaban J connectivity index is 1.33. The lowest BCUT2D eigenvalue weighted by Gasteiger charge is -2.64. The molecule has 29 heavy (non-hydrogen) atoms. The summed E-state index contributed by atoms with van der Waals surface area (Å²) < 4.78 is 24.2. The summed E-state index contributed by atoms with van der Waals surface area (Å²) in [5.74, 6) is 2.27. The molecule has 5 rings (SSSR count). The van der Waals surface area contributed by atoms with Crippen LogP contribution >= 0.6 is 15.9 Å². The van der Waals surface area contributed by atoms with Crippen LogP contribution in [0.5, 0.6) is 5.75 Å². The summed E-state index contributed by atoms with van der Waals surface area (Å²) in [6.45, 7) is 12.2. The molecule has 6 atom stereocenters. The Morgan fingerprint density at radius 3 is 2.62 bits per heavy atom. The standard InChI is InChI=1S/C23H32BBrO4/c1-6-16(14-27-13-15-7-9-18(26-5)10-8-15)21(25)24-28-20-12-17-11-19(22(17,2)3)23(20,4)29-24/h6-10,16-17,19-21H,1,11-14H2,2-5H3/t16?,17-,19?,20+,21?,23-/m0/s1. The van der Waals surface area contributed by atoms with Gasteiger partial charge in [0.2, 0.25) is 0 Å². The Bertz CT molecular complexity index is 739. The number of hydrogen-bond acceptors (Lipinski definition) is 4. The monoisotopic (exact) mass is 462 g/mol. The number of benzene rings is 1. The maximum absolute atomic E-state index is 6.59. The molecule has 0 N–H and O–H groups in total. The molecule has 2 bridgehead atoms. The van der Waals surface area contributed by atoms with Crippen molar-refractivity contribution in [2.75, 3.05) is 13.7 Å². The molecule has 4 fully saturated rings. The van der Waals surface area contributed by atoms with Crippen LogP contribution in [0.4, 0.5) is 0 Å². The van der Waals surface area contributed by atoms with Gasteiger partial charge in [-0.3, -0.25) is 0 Å². The summed E-state index contributed by atoms with van der Waals surface area (Å²) >= 11 is 3.84. The number of methoxy groups -OCH3 is 1. The third kappa shape index (κ3) is 3.71. The van der Waals surface area contributed by atoms with Gasteiger partial charge in [-0.05, 0) is 54.7 Å². The van der Waals surface area contributed by atoms with E-state index in [1.165, 1.54) is 6.42 Å². The van der Waals surface area contributed by atoms with Gasteiger partial charge in [0, 0.05) is 5.92 Å². The van der Waals surface area contributed by atoms with Crippen molar-refractivity contribution in [2.24, 2.45) is 23.2 Å². The molecule has 0 aromatic heterocycles. The third-order valence-corrected chi connectivity index (χ3v) is 8.79. The van der Waals surface area contributed by atoms with E-state index >= 15 is 0 Å². The normalized spacial score (nSPS) is 34.1. The molecule has 1 aliphatic heterocycles. The van der Waals surface area contributed by atoms with Gasteiger partial charge in [-0.25, -0.2) is 0 Å². The van der Waals surface area contributed by atoms with E-state index in [1.54, 1.807) is 7.11 Å². The van der Waals surface area contributed by atoms with Crippen LogP contribution < -0.4 is 4.74 Å². The second-order valence-electron chi connectivity index (χ2n) is 9.54. The predicted molar refractivity (Wildman–Crippen MR) is 119 cm³/mol. The fourth-order valence-electron chi connectivity index (χ4n) is 5.56. The quantitative estimate of drug-likeness (QED) is 0.308.